The Morgan fingerprint density at radius 2 is 1.51 bits per heavy atom. The lowest BCUT2D eigenvalue weighted by molar-refractivity contribution is -0.161. The van der Waals surface area contributed by atoms with Crippen molar-refractivity contribution < 1.29 is 24.2 Å². The number of carbonyl (C=O) groups is 3. The van der Waals surface area contributed by atoms with Crippen molar-refractivity contribution in [1.29, 1.82) is 0 Å². The largest absolute Gasteiger partial charge is 0.448 e. The summed E-state index contributed by atoms with van der Waals surface area (Å²) in [5.41, 5.74) is 7.26. The van der Waals surface area contributed by atoms with Gasteiger partial charge in [0.15, 0.2) is 17.4 Å². The smallest absolute Gasteiger partial charge is 0.356 e. The fourth-order valence-corrected chi connectivity index (χ4v) is 6.12. The molecular weight excluding hydrogens is 488 g/mol. The second-order valence-electron chi connectivity index (χ2n) is 9.01. The van der Waals surface area contributed by atoms with E-state index in [1.807, 2.05) is 78.9 Å². The number of hydrogen-bond donors (Lipinski definition) is 2. The van der Waals surface area contributed by atoms with E-state index in [0.717, 1.165) is 16.7 Å². The molecule has 0 saturated carbocycles. The molecule has 0 spiro atoms. The lowest BCUT2D eigenvalue weighted by Gasteiger charge is -2.54. The number of ketones is 1. The number of esters is 1. The summed E-state index contributed by atoms with van der Waals surface area (Å²) < 4.78 is 5.98. The van der Waals surface area contributed by atoms with Gasteiger partial charge in [-0.2, -0.15) is 0 Å². The first-order valence-corrected chi connectivity index (χ1v) is 12.9. The first-order valence-electron chi connectivity index (χ1n) is 11.9. The van der Waals surface area contributed by atoms with Gasteiger partial charge in [-0.15, -0.1) is 11.8 Å². The summed E-state index contributed by atoms with van der Waals surface area (Å²) in [6, 6.07) is 27.6. The van der Waals surface area contributed by atoms with Gasteiger partial charge in [0.25, 0.3) is 5.91 Å². The maximum absolute atomic E-state index is 13.6. The van der Waals surface area contributed by atoms with E-state index in [9.17, 15) is 19.5 Å². The molecule has 2 heterocycles. The van der Waals surface area contributed by atoms with Crippen molar-refractivity contribution in [1.82, 2.24) is 4.90 Å². The van der Waals surface area contributed by atoms with Gasteiger partial charge in [0.2, 0.25) is 0 Å². The first kappa shape index (κ1) is 25.0. The molecule has 188 valence electrons. The Kier molecular flexibility index (Phi) is 6.97. The molecule has 1 unspecified atom stereocenters. The number of rotatable bonds is 8. The van der Waals surface area contributed by atoms with E-state index in [1.54, 1.807) is 12.1 Å². The Labute approximate surface area is 218 Å². The summed E-state index contributed by atoms with van der Waals surface area (Å²) >= 11 is 1.26. The highest BCUT2D eigenvalue weighted by atomic mass is 32.2. The highest BCUT2D eigenvalue weighted by Gasteiger charge is 2.66. The second kappa shape index (κ2) is 10.3. The molecule has 3 aromatic carbocycles. The molecule has 3 N–H and O–H groups in total. The summed E-state index contributed by atoms with van der Waals surface area (Å²) in [6.45, 7) is -0.426. The Bertz CT molecular complexity index is 1310. The monoisotopic (exact) mass is 514 g/mol. The number of β-lactam (4-membered cyclic amide) rings is 1. The van der Waals surface area contributed by atoms with E-state index in [4.69, 9.17) is 10.5 Å². The number of nitrogens with zero attached hydrogens (tertiary/aromatic N) is 1. The third-order valence-electron chi connectivity index (χ3n) is 6.67. The summed E-state index contributed by atoms with van der Waals surface area (Å²) in [6.07, 6.45) is -0.719. The molecule has 1 amide bonds. The lowest BCUT2D eigenvalue weighted by atomic mass is 9.81. The molecule has 37 heavy (non-hydrogen) atoms. The Morgan fingerprint density at radius 1 is 0.973 bits per heavy atom. The van der Waals surface area contributed by atoms with E-state index >= 15 is 0 Å². The van der Waals surface area contributed by atoms with Crippen molar-refractivity contribution in [2.24, 2.45) is 5.73 Å². The van der Waals surface area contributed by atoms with Gasteiger partial charge >= 0.3 is 5.97 Å². The zero-order valence-electron chi connectivity index (χ0n) is 19.9. The van der Waals surface area contributed by atoms with E-state index < -0.39 is 41.3 Å². The van der Waals surface area contributed by atoms with Crippen LogP contribution in [0.5, 0.6) is 0 Å². The number of amides is 1. The molecule has 3 aromatic rings. The van der Waals surface area contributed by atoms with E-state index in [0.29, 0.717) is 5.57 Å². The average Bonchev–Trinajstić information content (AvgIpc) is 2.95. The maximum Gasteiger partial charge on any atom is 0.356 e. The van der Waals surface area contributed by atoms with Gasteiger partial charge in [0.1, 0.15) is 11.1 Å². The molecule has 0 radical (unpaired) electrons. The Morgan fingerprint density at radius 3 is 2.05 bits per heavy atom. The number of aliphatic hydroxyl groups excluding tert-OH is 1. The second-order valence-corrected chi connectivity index (χ2v) is 10.1. The van der Waals surface area contributed by atoms with Crippen LogP contribution in [0.1, 0.15) is 22.8 Å². The molecule has 2 aliphatic rings. The molecule has 0 aliphatic carbocycles. The van der Waals surface area contributed by atoms with Crippen molar-refractivity contribution in [2.45, 2.75) is 23.4 Å². The third-order valence-corrected chi connectivity index (χ3v) is 8.08. The van der Waals surface area contributed by atoms with Gasteiger partial charge < -0.3 is 15.6 Å². The molecule has 8 heteroatoms. The van der Waals surface area contributed by atoms with Crippen LogP contribution in [0, 0.1) is 0 Å². The standard InChI is InChI=1S/C29H26N2O5S/c30-29(23(33)16-19-10-4-1-5-11-19)27(35)31-24(22(17-32)18-37-28(29)31)26(34)36-25(20-12-6-2-7-13-20)21-14-8-3-9-15-21/h1-15,25,28,32H,16-18,30H2/t28-,29?/m0/s1. The predicted octanol–water partition coefficient (Wildman–Crippen LogP) is 2.99. The van der Waals surface area contributed by atoms with Crippen LogP contribution in [0.25, 0.3) is 0 Å². The number of nitrogens with two attached hydrogens (primary N) is 1. The topological polar surface area (TPSA) is 110 Å². The molecule has 2 atom stereocenters. The van der Waals surface area contributed by atoms with Crippen LogP contribution in [-0.4, -0.2) is 50.9 Å². The number of carbonyl (C=O) groups excluding carboxylic acids is 3. The van der Waals surface area contributed by atoms with Crippen LogP contribution in [-0.2, 0) is 25.5 Å². The molecular formula is C29H26N2O5S. The van der Waals surface area contributed by atoms with Crippen LogP contribution in [0.2, 0.25) is 0 Å². The number of ether oxygens (including phenoxy) is 1. The Balaban J connectivity index is 1.43. The molecule has 2 aliphatic heterocycles. The SMILES string of the molecule is NC1(C(=O)Cc2ccccc2)C(=O)N2C(C(=O)OC(c3ccccc3)c3ccccc3)=C(CO)CS[C@H]21. The number of hydrogen-bond acceptors (Lipinski definition) is 7. The zero-order chi connectivity index (χ0) is 26.0. The van der Waals surface area contributed by atoms with Gasteiger partial charge in [-0.05, 0) is 22.3 Å². The molecule has 1 saturated heterocycles. The van der Waals surface area contributed by atoms with Crippen LogP contribution in [0.4, 0.5) is 0 Å². The highest BCUT2D eigenvalue weighted by Crippen LogP contribution is 2.46. The Hall–Kier alpha value is -3.72. The normalized spacial score (nSPS) is 20.9. The summed E-state index contributed by atoms with van der Waals surface area (Å²) in [5, 5.41) is 9.25. The summed E-state index contributed by atoms with van der Waals surface area (Å²) in [4.78, 5) is 41.4. The van der Waals surface area contributed by atoms with Crippen molar-refractivity contribution in [3.8, 4) is 0 Å². The van der Waals surface area contributed by atoms with Crippen molar-refractivity contribution in [3.05, 3.63) is 119 Å². The van der Waals surface area contributed by atoms with Gasteiger partial charge in [-0.1, -0.05) is 91.0 Å². The number of fused-ring (bicyclic) bond motifs is 1. The third kappa shape index (κ3) is 4.48. The van der Waals surface area contributed by atoms with E-state index in [2.05, 4.69) is 0 Å². The van der Waals surface area contributed by atoms with Crippen LogP contribution in [0.3, 0.4) is 0 Å². The van der Waals surface area contributed by atoms with Crippen LogP contribution >= 0.6 is 11.8 Å². The fraction of sp³-hybridized carbons (Fsp3) is 0.207. The van der Waals surface area contributed by atoms with Crippen molar-refractivity contribution in [3.63, 3.8) is 0 Å². The molecule has 0 aromatic heterocycles. The zero-order valence-corrected chi connectivity index (χ0v) is 20.8. The first-order chi connectivity index (χ1) is 17.9. The fourth-order valence-electron chi connectivity index (χ4n) is 4.69. The number of aliphatic hydroxyl groups is 1. The van der Waals surface area contributed by atoms with Gasteiger partial charge in [0, 0.05) is 12.2 Å². The summed E-state index contributed by atoms with van der Waals surface area (Å²) in [7, 11) is 0. The number of benzene rings is 3. The van der Waals surface area contributed by atoms with Gasteiger partial charge in [0.05, 0.1) is 6.61 Å². The van der Waals surface area contributed by atoms with Crippen LogP contribution in [0.15, 0.2) is 102 Å². The molecule has 7 nitrogen and oxygen atoms in total. The van der Waals surface area contributed by atoms with Gasteiger partial charge in [-0.25, -0.2) is 4.79 Å². The van der Waals surface area contributed by atoms with E-state index in [1.165, 1.54) is 16.7 Å². The maximum atomic E-state index is 13.6. The minimum atomic E-state index is -1.76. The molecule has 0 bridgehead atoms. The van der Waals surface area contributed by atoms with Gasteiger partial charge in [-0.3, -0.25) is 14.5 Å². The predicted molar refractivity (Wildman–Crippen MR) is 140 cm³/mol. The average molecular weight is 515 g/mol. The minimum absolute atomic E-state index is 0.00835. The summed E-state index contributed by atoms with van der Waals surface area (Å²) in [5.74, 6) is -1.59. The van der Waals surface area contributed by atoms with Crippen LogP contribution < -0.4 is 5.73 Å². The molecule has 1 fully saturated rings. The highest BCUT2D eigenvalue weighted by molar-refractivity contribution is 8.00. The van der Waals surface area contributed by atoms with Crippen molar-refractivity contribution >= 4 is 29.4 Å². The minimum Gasteiger partial charge on any atom is -0.448 e. The quantitative estimate of drug-likeness (QED) is 0.270. The number of Topliss-reactive ketones (excluding diaryl/α,β-unsaturated/α-hetero) is 1. The number of thioether (sulfide) groups is 1. The lowest BCUT2D eigenvalue weighted by Crippen LogP contribution is -2.81. The van der Waals surface area contributed by atoms with Crippen molar-refractivity contribution in [2.75, 3.05) is 12.4 Å². The molecule has 5 rings (SSSR count). The van der Waals surface area contributed by atoms with E-state index in [-0.39, 0.29) is 17.9 Å².